The van der Waals surface area contributed by atoms with Gasteiger partial charge in [-0.05, 0) is 25.7 Å². The molecule has 2 fully saturated rings. The number of hydrogen-bond donors (Lipinski definition) is 2. The molecule has 3 heterocycles. The maximum atomic E-state index is 10.0. The first-order valence-corrected chi connectivity index (χ1v) is 8.95. The van der Waals surface area contributed by atoms with E-state index < -0.39 is 6.10 Å². The first-order valence-electron chi connectivity index (χ1n) is 8.57. The summed E-state index contributed by atoms with van der Waals surface area (Å²) in [6, 6.07) is -0.109. The van der Waals surface area contributed by atoms with Crippen LogP contribution in [0.25, 0.3) is 5.52 Å². The average Bonchev–Trinajstić information content (AvgIpc) is 2.86. The van der Waals surface area contributed by atoms with E-state index in [-0.39, 0.29) is 11.5 Å². The molecule has 1 aliphatic heterocycles. The summed E-state index contributed by atoms with van der Waals surface area (Å²) in [5.41, 5.74) is 0.796. The van der Waals surface area contributed by atoms with Crippen LogP contribution in [-0.2, 0) is 10.2 Å². The molecule has 2 atom stereocenters. The minimum atomic E-state index is -0.558. The monoisotopic (exact) mass is 351 g/mol. The quantitative estimate of drug-likeness (QED) is 0.878. The topological polar surface area (TPSA) is 84.6 Å². The summed E-state index contributed by atoms with van der Waals surface area (Å²) in [4.78, 5) is 8.93. The molecule has 7 nitrogen and oxygen atoms in total. The third kappa shape index (κ3) is 2.55. The van der Waals surface area contributed by atoms with Crippen molar-refractivity contribution in [3.8, 4) is 0 Å². The molecule has 1 aliphatic carbocycles. The summed E-state index contributed by atoms with van der Waals surface area (Å²) < 4.78 is 7.09. The van der Waals surface area contributed by atoms with Gasteiger partial charge in [0, 0.05) is 12.0 Å². The minimum Gasteiger partial charge on any atom is -0.389 e. The molecular formula is C16H22ClN5O2. The maximum Gasteiger partial charge on any atom is 0.241 e. The molecule has 8 heteroatoms. The first-order chi connectivity index (χ1) is 11.6. The second kappa shape index (κ2) is 6.13. The molecule has 0 bridgehead atoms. The number of imidazole rings is 1. The fourth-order valence-corrected chi connectivity index (χ4v) is 3.87. The normalized spacial score (nSPS) is 26.3. The second-order valence-corrected chi connectivity index (χ2v) is 7.13. The minimum absolute atomic E-state index is 0.0693. The average molecular weight is 352 g/mol. The standard InChI is InChI=1S/C16H22ClN5O2/c1-2-16(5-3-6-16)14-20-13(17)11-8-18-15(21-22(11)14)19-10-4-7-24-9-12(10)23/h8,10,12,23H,2-7,9H2,1H3,(H,19,21)/t10-,12-/m1/s1. The van der Waals surface area contributed by atoms with Gasteiger partial charge < -0.3 is 15.2 Å². The van der Waals surface area contributed by atoms with Crippen LogP contribution < -0.4 is 5.32 Å². The van der Waals surface area contributed by atoms with Gasteiger partial charge in [-0.15, -0.1) is 5.10 Å². The fraction of sp³-hybridized carbons (Fsp3) is 0.688. The lowest BCUT2D eigenvalue weighted by molar-refractivity contribution is -0.0136. The maximum absolute atomic E-state index is 10.0. The van der Waals surface area contributed by atoms with E-state index in [2.05, 4.69) is 27.3 Å². The molecule has 0 aromatic carbocycles. The predicted molar refractivity (Wildman–Crippen MR) is 90.5 cm³/mol. The molecule has 2 N–H and O–H groups in total. The Morgan fingerprint density at radius 3 is 3.00 bits per heavy atom. The molecule has 2 aromatic rings. The third-order valence-electron chi connectivity index (χ3n) is 5.45. The SMILES string of the molecule is CCC1(c2nc(Cl)c3cnc(N[C@@H]4CCOC[C@H]4O)nn23)CCC1. The summed E-state index contributed by atoms with van der Waals surface area (Å²) in [6.45, 7) is 3.14. The largest absolute Gasteiger partial charge is 0.389 e. The number of aromatic nitrogens is 4. The van der Waals surface area contributed by atoms with Gasteiger partial charge in [0.1, 0.15) is 11.3 Å². The molecule has 1 saturated carbocycles. The zero-order valence-electron chi connectivity index (χ0n) is 13.7. The number of nitrogens with zero attached hydrogens (tertiary/aromatic N) is 4. The number of aliphatic hydroxyl groups is 1. The van der Waals surface area contributed by atoms with Crippen LogP contribution in [0.2, 0.25) is 5.15 Å². The van der Waals surface area contributed by atoms with Crippen LogP contribution in [0.5, 0.6) is 0 Å². The molecule has 2 aliphatic rings. The zero-order valence-corrected chi connectivity index (χ0v) is 14.5. The number of aliphatic hydroxyl groups excluding tert-OH is 1. The van der Waals surface area contributed by atoms with Gasteiger partial charge in [-0.3, -0.25) is 0 Å². The van der Waals surface area contributed by atoms with Crippen LogP contribution in [0.4, 0.5) is 5.95 Å². The Morgan fingerprint density at radius 1 is 1.50 bits per heavy atom. The Kier molecular flexibility index (Phi) is 4.10. The summed E-state index contributed by atoms with van der Waals surface area (Å²) in [6.07, 6.45) is 6.33. The van der Waals surface area contributed by atoms with Crippen LogP contribution in [-0.4, -0.2) is 50.0 Å². The highest BCUT2D eigenvalue weighted by molar-refractivity contribution is 6.32. The van der Waals surface area contributed by atoms with Crippen LogP contribution in [0.3, 0.4) is 0 Å². The predicted octanol–water partition coefficient (Wildman–Crippen LogP) is 2.17. The third-order valence-corrected chi connectivity index (χ3v) is 5.73. The Labute approximate surface area is 145 Å². The van der Waals surface area contributed by atoms with Crippen molar-refractivity contribution in [3.05, 3.63) is 17.2 Å². The van der Waals surface area contributed by atoms with E-state index in [1.165, 1.54) is 6.42 Å². The van der Waals surface area contributed by atoms with Crippen LogP contribution >= 0.6 is 11.6 Å². The van der Waals surface area contributed by atoms with Crippen molar-refractivity contribution in [3.63, 3.8) is 0 Å². The zero-order chi connectivity index (χ0) is 16.7. The highest BCUT2D eigenvalue weighted by Gasteiger charge is 2.41. The van der Waals surface area contributed by atoms with E-state index in [9.17, 15) is 5.11 Å². The molecule has 1 saturated heterocycles. The van der Waals surface area contributed by atoms with Crippen molar-refractivity contribution in [2.75, 3.05) is 18.5 Å². The summed E-state index contributed by atoms with van der Waals surface area (Å²) in [5.74, 6) is 1.41. The lowest BCUT2D eigenvalue weighted by Gasteiger charge is -2.39. The van der Waals surface area contributed by atoms with Gasteiger partial charge >= 0.3 is 0 Å². The lowest BCUT2D eigenvalue weighted by Crippen LogP contribution is -2.42. The summed E-state index contributed by atoms with van der Waals surface area (Å²) in [5, 5.41) is 18.3. The van der Waals surface area contributed by atoms with Crippen molar-refractivity contribution in [1.82, 2.24) is 19.6 Å². The van der Waals surface area contributed by atoms with E-state index in [0.29, 0.717) is 24.3 Å². The molecule has 130 valence electrons. The molecule has 2 aromatic heterocycles. The van der Waals surface area contributed by atoms with Crippen molar-refractivity contribution < 1.29 is 9.84 Å². The molecule has 0 amide bonds. The van der Waals surface area contributed by atoms with Gasteiger partial charge in [-0.2, -0.15) is 0 Å². The second-order valence-electron chi connectivity index (χ2n) is 6.77. The van der Waals surface area contributed by atoms with Crippen LogP contribution in [0.1, 0.15) is 44.9 Å². The fourth-order valence-electron chi connectivity index (χ4n) is 3.66. The highest BCUT2D eigenvalue weighted by atomic mass is 35.5. The number of fused-ring (bicyclic) bond motifs is 1. The lowest BCUT2D eigenvalue weighted by atomic mass is 9.66. The van der Waals surface area contributed by atoms with Crippen LogP contribution in [0, 0.1) is 0 Å². The Morgan fingerprint density at radius 2 is 2.33 bits per heavy atom. The van der Waals surface area contributed by atoms with Crippen LogP contribution in [0.15, 0.2) is 6.20 Å². The Bertz CT molecular complexity index is 740. The van der Waals surface area contributed by atoms with Gasteiger partial charge in [0.05, 0.1) is 24.9 Å². The number of rotatable bonds is 4. The highest BCUT2D eigenvalue weighted by Crippen LogP contribution is 2.46. The molecule has 0 unspecified atom stereocenters. The van der Waals surface area contributed by atoms with Gasteiger partial charge in [0.25, 0.3) is 0 Å². The number of ether oxygens (including phenoxy) is 1. The van der Waals surface area contributed by atoms with Crippen molar-refractivity contribution in [2.24, 2.45) is 0 Å². The molecular weight excluding hydrogens is 330 g/mol. The summed E-state index contributed by atoms with van der Waals surface area (Å²) >= 11 is 6.30. The van der Waals surface area contributed by atoms with E-state index in [1.54, 1.807) is 6.20 Å². The summed E-state index contributed by atoms with van der Waals surface area (Å²) in [7, 11) is 0. The van der Waals surface area contributed by atoms with E-state index in [0.717, 1.165) is 37.0 Å². The van der Waals surface area contributed by atoms with Gasteiger partial charge in [-0.25, -0.2) is 14.5 Å². The number of halogens is 1. The van der Waals surface area contributed by atoms with Gasteiger partial charge in [0.2, 0.25) is 5.95 Å². The smallest absolute Gasteiger partial charge is 0.241 e. The van der Waals surface area contributed by atoms with E-state index in [4.69, 9.17) is 16.3 Å². The van der Waals surface area contributed by atoms with Gasteiger partial charge in [-0.1, -0.05) is 24.9 Å². The first kappa shape index (κ1) is 16.1. The van der Waals surface area contributed by atoms with Crippen molar-refractivity contribution >= 4 is 23.1 Å². The molecule has 4 rings (SSSR count). The Balaban J connectivity index is 1.69. The number of hydrogen-bond acceptors (Lipinski definition) is 6. The molecule has 0 radical (unpaired) electrons. The van der Waals surface area contributed by atoms with E-state index in [1.807, 2.05) is 4.52 Å². The van der Waals surface area contributed by atoms with Gasteiger partial charge in [0.15, 0.2) is 5.15 Å². The number of anilines is 1. The Hall–Kier alpha value is -1.44. The van der Waals surface area contributed by atoms with E-state index >= 15 is 0 Å². The van der Waals surface area contributed by atoms with Crippen molar-refractivity contribution in [2.45, 2.75) is 56.6 Å². The molecule has 0 spiro atoms. The van der Waals surface area contributed by atoms with Crippen molar-refractivity contribution in [1.29, 1.82) is 0 Å². The molecule has 24 heavy (non-hydrogen) atoms. The number of nitrogens with one attached hydrogen (secondary N) is 1.